The van der Waals surface area contributed by atoms with Crippen LogP contribution in [-0.4, -0.2) is 4.98 Å². The van der Waals surface area contributed by atoms with Crippen molar-refractivity contribution >= 4 is 15.9 Å². The molecule has 0 atom stereocenters. The highest BCUT2D eigenvalue weighted by atomic mass is 79.9. The molecule has 0 bridgehead atoms. The standard InChI is InChI=1S/C14H14BrNO/c15-12-7-5-11(6-8-12)14-16-13(9-17-14)10-3-1-2-4-10/h5-10H,1-4H2. The molecule has 0 N–H and O–H groups in total. The molecule has 3 heteroatoms. The van der Waals surface area contributed by atoms with Crippen LogP contribution in [0.5, 0.6) is 0 Å². The van der Waals surface area contributed by atoms with Crippen molar-refractivity contribution in [3.05, 3.63) is 40.7 Å². The molecule has 1 fully saturated rings. The summed E-state index contributed by atoms with van der Waals surface area (Å²) >= 11 is 3.43. The van der Waals surface area contributed by atoms with E-state index in [9.17, 15) is 0 Å². The van der Waals surface area contributed by atoms with E-state index in [4.69, 9.17) is 4.42 Å². The SMILES string of the molecule is Brc1ccc(-c2nc(C3CCCC3)co2)cc1. The molecule has 0 spiro atoms. The Bertz CT molecular complexity index is 497. The topological polar surface area (TPSA) is 26.0 Å². The molecule has 2 aromatic rings. The zero-order valence-electron chi connectivity index (χ0n) is 9.53. The van der Waals surface area contributed by atoms with Crippen LogP contribution in [0.15, 0.2) is 39.4 Å². The van der Waals surface area contributed by atoms with Gasteiger partial charge in [-0.3, -0.25) is 0 Å². The molecule has 0 saturated heterocycles. The first-order valence-corrected chi connectivity index (χ1v) is 6.83. The molecule has 1 aliphatic rings. The number of hydrogen-bond donors (Lipinski definition) is 0. The van der Waals surface area contributed by atoms with E-state index < -0.39 is 0 Å². The van der Waals surface area contributed by atoms with E-state index >= 15 is 0 Å². The van der Waals surface area contributed by atoms with Gasteiger partial charge in [0, 0.05) is 16.0 Å². The molecule has 3 rings (SSSR count). The maximum absolute atomic E-state index is 5.58. The van der Waals surface area contributed by atoms with E-state index in [1.54, 1.807) is 0 Å². The minimum Gasteiger partial charge on any atom is -0.444 e. The lowest BCUT2D eigenvalue weighted by molar-refractivity contribution is 0.568. The Labute approximate surface area is 109 Å². The molecule has 0 unspecified atom stereocenters. The average molecular weight is 292 g/mol. The van der Waals surface area contributed by atoms with E-state index in [2.05, 4.69) is 20.9 Å². The maximum Gasteiger partial charge on any atom is 0.226 e. The first kappa shape index (κ1) is 11.0. The van der Waals surface area contributed by atoms with Gasteiger partial charge in [-0.15, -0.1) is 0 Å². The fraction of sp³-hybridized carbons (Fsp3) is 0.357. The number of benzene rings is 1. The van der Waals surface area contributed by atoms with Gasteiger partial charge in [-0.05, 0) is 37.1 Å². The third kappa shape index (κ3) is 2.29. The molecule has 1 heterocycles. The molecule has 1 aromatic heterocycles. The van der Waals surface area contributed by atoms with Gasteiger partial charge in [0.2, 0.25) is 5.89 Å². The Kier molecular flexibility index (Phi) is 3.02. The first-order valence-electron chi connectivity index (χ1n) is 6.04. The Hall–Kier alpha value is -1.09. The van der Waals surface area contributed by atoms with E-state index in [1.807, 2.05) is 30.5 Å². The minimum atomic E-state index is 0.614. The summed E-state index contributed by atoms with van der Waals surface area (Å²) < 4.78 is 6.65. The summed E-state index contributed by atoms with van der Waals surface area (Å²) in [6.45, 7) is 0. The molecule has 17 heavy (non-hydrogen) atoms. The summed E-state index contributed by atoms with van der Waals surface area (Å²) in [5, 5.41) is 0. The second-order valence-electron chi connectivity index (χ2n) is 4.57. The van der Waals surface area contributed by atoms with Crippen molar-refractivity contribution in [1.82, 2.24) is 4.98 Å². The van der Waals surface area contributed by atoms with Crippen molar-refractivity contribution in [2.24, 2.45) is 0 Å². The lowest BCUT2D eigenvalue weighted by atomic mass is 10.1. The number of rotatable bonds is 2. The smallest absolute Gasteiger partial charge is 0.226 e. The van der Waals surface area contributed by atoms with Gasteiger partial charge in [-0.2, -0.15) is 0 Å². The Balaban J connectivity index is 1.86. The number of oxazole rings is 1. The largest absolute Gasteiger partial charge is 0.444 e. The van der Waals surface area contributed by atoms with Crippen molar-refractivity contribution in [3.8, 4) is 11.5 Å². The summed E-state index contributed by atoms with van der Waals surface area (Å²) in [6, 6.07) is 8.06. The predicted octanol–water partition coefficient (Wildman–Crippen LogP) is 4.76. The summed E-state index contributed by atoms with van der Waals surface area (Å²) in [7, 11) is 0. The first-order chi connectivity index (χ1) is 8.33. The molecule has 1 saturated carbocycles. The second kappa shape index (κ2) is 4.65. The van der Waals surface area contributed by atoms with Gasteiger partial charge >= 0.3 is 0 Å². The normalized spacial score (nSPS) is 16.5. The molecule has 0 radical (unpaired) electrons. The Morgan fingerprint density at radius 3 is 2.53 bits per heavy atom. The molecule has 2 nitrogen and oxygen atoms in total. The monoisotopic (exact) mass is 291 g/mol. The molecular formula is C14H14BrNO. The van der Waals surface area contributed by atoms with Crippen LogP contribution in [0.2, 0.25) is 0 Å². The van der Waals surface area contributed by atoms with Gasteiger partial charge in [0.25, 0.3) is 0 Å². The highest BCUT2D eigenvalue weighted by Crippen LogP contribution is 2.34. The lowest BCUT2D eigenvalue weighted by Crippen LogP contribution is -1.91. The van der Waals surface area contributed by atoms with E-state index in [0.29, 0.717) is 5.92 Å². The number of aromatic nitrogens is 1. The van der Waals surface area contributed by atoms with Crippen molar-refractivity contribution < 1.29 is 4.42 Å². The number of nitrogens with zero attached hydrogens (tertiary/aromatic N) is 1. The molecule has 1 aliphatic carbocycles. The number of hydrogen-bond acceptors (Lipinski definition) is 2. The van der Waals surface area contributed by atoms with E-state index in [1.165, 1.54) is 25.7 Å². The third-order valence-electron chi connectivity index (χ3n) is 3.39. The molecule has 88 valence electrons. The highest BCUT2D eigenvalue weighted by Gasteiger charge is 2.20. The molecule has 0 aliphatic heterocycles. The zero-order chi connectivity index (χ0) is 11.7. The maximum atomic E-state index is 5.58. The van der Waals surface area contributed by atoms with Gasteiger partial charge in [0.15, 0.2) is 0 Å². The second-order valence-corrected chi connectivity index (χ2v) is 5.48. The van der Waals surface area contributed by atoms with Crippen LogP contribution >= 0.6 is 15.9 Å². The van der Waals surface area contributed by atoms with Crippen LogP contribution in [0.4, 0.5) is 0 Å². The quantitative estimate of drug-likeness (QED) is 0.797. The summed E-state index contributed by atoms with van der Waals surface area (Å²) in [5.74, 6) is 1.35. The molecule has 0 amide bonds. The predicted molar refractivity (Wildman–Crippen MR) is 70.8 cm³/mol. The fourth-order valence-corrected chi connectivity index (χ4v) is 2.68. The van der Waals surface area contributed by atoms with Crippen molar-refractivity contribution in [2.75, 3.05) is 0 Å². The van der Waals surface area contributed by atoms with E-state index in [-0.39, 0.29) is 0 Å². The van der Waals surface area contributed by atoms with Crippen LogP contribution in [0, 0.1) is 0 Å². The van der Waals surface area contributed by atoms with E-state index in [0.717, 1.165) is 21.6 Å². The molecule has 1 aromatic carbocycles. The van der Waals surface area contributed by atoms with Gasteiger partial charge < -0.3 is 4.42 Å². The van der Waals surface area contributed by atoms with Crippen molar-refractivity contribution in [1.29, 1.82) is 0 Å². The lowest BCUT2D eigenvalue weighted by Gasteiger charge is -2.01. The van der Waals surface area contributed by atoms with Crippen LogP contribution in [0.25, 0.3) is 11.5 Å². The van der Waals surface area contributed by atoms with Gasteiger partial charge in [-0.25, -0.2) is 4.98 Å². The van der Waals surface area contributed by atoms with Crippen molar-refractivity contribution in [2.45, 2.75) is 31.6 Å². The van der Waals surface area contributed by atoms with Crippen LogP contribution in [0.3, 0.4) is 0 Å². The number of halogens is 1. The van der Waals surface area contributed by atoms with Crippen molar-refractivity contribution in [3.63, 3.8) is 0 Å². The van der Waals surface area contributed by atoms with Crippen LogP contribution in [0.1, 0.15) is 37.3 Å². The Morgan fingerprint density at radius 2 is 1.82 bits per heavy atom. The van der Waals surface area contributed by atoms with Crippen LogP contribution in [-0.2, 0) is 0 Å². The fourth-order valence-electron chi connectivity index (χ4n) is 2.42. The highest BCUT2D eigenvalue weighted by molar-refractivity contribution is 9.10. The van der Waals surface area contributed by atoms with Crippen LogP contribution < -0.4 is 0 Å². The third-order valence-corrected chi connectivity index (χ3v) is 3.92. The molecular weight excluding hydrogens is 278 g/mol. The van der Waals surface area contributed by atoms with Gasteiger partial charge in [0.1, 0.15) is 6.26 Å². The summed E-state index contributed by atoms with van der Waals surface area (Å²) in [6.07, 6.45) is 6.99. The Morgan fingerprint density at radius 1 is 1.12 bits per heavy atom. The van der Waals surface area contributed by atoms with Gasteiger partial charge in [0.05, 0.1) is 5.69 Å². The summed E-state index contributed by atoms with van der Waals surface area (Å²) in [5.41, 5.74) is 2.16. The minimum absolute atomic E-state index is 0.614. The van der Waals surface area contributed by atoms with Gasteiger partial charge in [-0.1, -0.05) is 28.8 Å². The zero-order valence-corrected chi connectivity index (χ0v) is 11.1. The average Bonchev–Trinajstić information content (AvgIpc) is 3.00. The summed E-state index contributed by atoms with van der Waals surface area (Å²) in [4.78, 5) is 4.61.